The molecule has 1 aliphatic rings. The molecule has 1 saturated heterocycles. The predicted octanol–water partition coefficient (Wildman–Crippen LogP) is 4.37. The van der Waals surface area contributed by atoms with Crippen LogP contribution in [-0.2, 0) is 0 Å². The summed E-state index contributed by atoms with van der Waals surface area (Å²) in [4.78, 5) is 33.5. The standard InChI is InChI=1S/C24H25N5O3S/c1-15(2)29-22-18(14-25-29)17(13-19(27-22)21-6-4-12-33-21)23(30)26-16-7-9-28(10-8-16)24(31)20-5-3-11-32-20/h3-6,11-16H,7-10H2,1-2H3,(H,26,30). The second-order valence-electron chi connectivity index (χ2n) is 8.47. The molecule has 0 radical (unpaired) electrons. The number of hydrogen-bond acceptors (Lipinski definition) is 6. The van der Waals surface area contributed by atoms with E-state index in [0.29, 0.717) is 42.9 Å². The SMILES string of the molecule is CC(C)n1ncc2c(C(=O)NC3CCN(C(=O)c4ccco4)CC3)cc(-c3cccs3)nc21. The first-order chi connectivity index (χ1) is 16.0. The summed E-state index contributed by atoms with van der Waals surface area (Å²) in [6.07, 6.45) is 4.60. The molecule has 4 aromatic rings. The van der Waals surface area contributed by atoms with E-state index < -0.39 is 0 Å². The topological polar surface area (TPSA) is 93.3 Å². The summed E-state index contributed by atoms with van der Waals surface area (Å²) < 4.78 is 7.07. The number of fused-ring (bicyclic) bond motifs is 1. The van der Waals surface area contributed by atoms with Gasteiger partial charge in [0.05, 0.1) is 34.0 Å². The Balaban J connectivity index is 1.36. The third kappa shape index (κ3) is 4.16. The summed E-state index contributed by atoms with van der Waals surface area (Å²) in [6.45, 7) is 5.23. The molecule has 33 heavy (non-hydrogen) atoms. The van der Waals surface area contributed by atoms with Crippen molar-refractivity contribution in [2.45, 2.75) is 38.8 Å². The first-order valence-corrected chi connectivity index (χ1v) is 11.9. The van der Waals surface area contributed by atoms with Gasteiger partial charge >= 0.3 is 0 Å². The Bertz CT molecular complexity index is 1270. The van der Waals surface area contributed by atoms with Gasteiger partial charge in [0, 0.05) is 25.2 Å². The molecule has 2 amide bonds. The van der Waals surface area contributed by atoms with E-state index in [2.05, 4.69) is 10.4 Å². The molecule has 170 valence electrons. The van der Waals surface area contributed by atoms with Crippen LogP contribution in [0.1, 0.15) is 53.6 Å². The largest absolute Gasteiger partial charge is 0.459 e. The molecule has 0 atom stereocenters. The highest BCUT2D eigenvalue weighted by Gasteiger charge is 2.27. The van der Waals surface area contributed by atoms with Gasteiger partial charge in [0.2, 0.25) is 0 Å². The van der Waals surface area contributed by atoms with Gasteiger partial charge in [-0.1, -0.05) is 6.07 Å². The number of furan rings is 1. The van der Waals surface area contributed by atoms with Crippen molar-refractivity contribution >= 4 is 34.2 Å². The van der Waals surface area contributed by atoms with Crippen LogP contribution in [0, 0.1) is 0 Å². The average Bonchev–Trinajstić information content (AvgIpc) is 3.60. The van der Waals surface area contributed by atoms with Crippen molar-refractivity contribution in [3.63, 3.8) is 0 Å². The lowest BCUT2D eigenvalue weighted by atomic mass is 10.0. The highest BCUT2D eigenvalue weighted by Crippen LogP contribution is 2.29. The molecule has 1 N–H and O–H groups in total. The van der Waals surface area contributed by atoms with Crippen LogP contribution in [0.25, 0.3) is 21.6 Å². The molecule has 0 unspecified atom stereocenters. The third-order valence-electron chi connectivity index (χ3n) is 5.92. The van der Waals surface area contributed by atoms with Crippen molar-refractivity contribution < 1.29 is 14.0 Å². The summed E-state index contributed by atoms with van der Waals surface area (Å²) in [6, 6.07) is 9.33. The number of pyridine rings is 1. The molecule has 0 aliphatic carbocycles. The van der Waals surface area contributed by atoms with E-state index in [1.807, 2.05) is 42.1 Å². The van der Waals surface area contributed by atoms with Gasteiger partial charge in [-0.25, -0.2) is 9.67 Å². The number of piperidine rings is 1. The lowest BCUT2D eigenvalue weighted by Crippen LogP contribution is -2.46. The summed E-state index contributed by atoms with van der Waals surface area (Å²) in [7, 11) is 0. The number of amides is 2. The second-order valence-corrected chi connectivity index (χ2v) is 9.42. The van der Waals surface area contributed by atoms with Crippen LogP contribution in [-0.4, -0.2) is 50.6 Å². The first kappa shape index (κ1) is 21.4. The van der Waals surface area contributed by atoms with Gasteiger partial charge in [-0.15, -0.1) is 11.3 Å². The van der Waals surface area contributed by atoms with Gasteiger partial charge in [0.1, 0.15) is 0 Å². The molecule has 8 nitrogen and oxygen atoms in total. The maximum absolute atomic E-state index is 13.4. The molecule has 1 fully saturated rings. The lowest BCUT2D eigenvalue weighted by molar-refractivity contribution is 0.0667. The van der Waals surface area contributed by atoms with Crippen molar-refractivity contribution in [2.75, 3.05) is 13.1 Å². The predicted molar refractivity (Wildman–Crippen MR) is 126 cm³/mol. The zero-order chi connectivity index (χ0) is 22.9. The molecular weight excluding hydrogens is 438 g/mol. The second kappa shape index (κ2) is 8.82. The van der Waals surface area contributed by atoms with Gasteiger partial charge < -0.3 is 14.6 Å². The third-order valence-corrected chi connectivity index (χ3v) is 6.82. The monoisotopic (exact) mass is 463 g/mol. The highest BCUT2D eigenvalue weighted by molar-refractivity contribution is 7.13. The fourth-order valence-corrected chi connectivity index (χ4v) is 4.87. The minimum Gasteiger partial charge on any atom is -0.459 e. The van der Waals surface area contributed by atoms with Crippen molar-refractivity contribution in [2.24, 2.45) is 0 Å². The smallest absolute Gasteiger partial charge is 0.289 e. The molecule has 0 bridgehead atoms. The maximum Gasteiger partial charge on any atom is 0.289 e. The molecule has 1 aliphatic heterocycles. The van der Waals surface area contributed by atoms with Crippen molar-refractivity contribution in [3.8, 4) is 10.6 Å². The Morgan fingerprint density at radius 2 is 2.03 bits per heavy atom. The lowest BCUT2D eigenvalue weighted by Gasteiger charge is -2.32. The number of nitrogens with one attached hydrogen (secondary N) is 1. The zero-order valence-corrected chi connectivity index (χ0v) is 19.3. The number of likely N-dealkylation sites (tertiary alicyclic amines) is 1. The fourth-order valence-electron chi connectivity index (χ4n) is 4.18. The highest BCUT2D eigenvalue weighted by atomic mass is 32.1. The van der Waals surface area contributed by atoms with Crippen LogP contribution >= 0.6 is 11.3 Å². The fraction of sp³-hybridized carbons (Fsp3) is 0.333. The number of aromatic nitrogens is 3. The van der Waals surface area contributed by atoms with Gasteiger partial charge in [-0.3, -0.25) is 9.59 Å². The average molecular weight is 464 g/mol. The molecule has 0 saturated carbocycles. The van der Waals surface area contributed by atoms with Crippen LogP contribution in [0.2, 0.25) is 0 Å². The number of thiophene rings is 1. The number of rotatable bonds is 5. The normalized spacial score (nSPS) is 14.8. The Morgan fingerprint density at radius 1 is 1.21 bits per heavy atom. The molecular formula is C24H25N5O3S. The van der Waals surface area contributed by atoms with Crippen LogP contribution < -0.4 is 5.32 Å². The number of hydrogen-bond donors (Lipinski definition) is 1. The minimum absolute atomic E-state index is 0.00769. The van der Waals surface area contributed by atoms with Crippen LogP contribution in [0.15, 0.2) is 52.6 Å². The Labute approximate surface area is 195 Å². The van der Waals surface area contributed by atoms with E-state index in [-0.39, 0.29) is 23.9 Å². The van der Waals surface area contributed by atoms with Crippen molar-refractivity contribution in [3.05, 3.63) is 59.5 Å². The summed E-state index contributed by atoms with van der Waals surface area (Å²) in [5.41, 5.74) is 2.05. The number of carbonyl (C=O) groups is 2. The molecule has 0 aromatic carbocycles. The summed E-state index contributed by atoms with van der Waals surface area (Å²) in [5.74, 6) is 0.0987. The Kier molecular flexibility index (Phi) is 5.72. The van der Waals surface area contributed by atoms with E-state index in [1.54, 1.807) is 34.6 Å². The summed E-state index contributed by atoms with van der Waals surface area (Å²) >= 11 is 1.59. The molecule has 9 heteroatoms. The van der Waals surface area contributed by atoms with E-state index in [1.165, 1.54) is 6.26 Å². The van der Waals surface area contributed by atoms with Crippen LogP contribution in [0.4, 0.5) is 0 Å². The van der Waals surface area contributed by atoms with Gasteiger partial charge in [0.15, 0.2) is 11.4 Å². The first-order valence-electron chi connectivity index (χ1n) is 11.1. The van der Waals surface area contributed by atoms with Gasteiger partial charge in [-0.2, -0.15) is 5.10 Å². The van der Waals surface area contributed by atoms with Gasteiger partial charge in [0.25, 0.3) is 11.8 Å². The Hall–Kier alpha value is -3.46. The molecule has 5 rings (SSSR count). The van der Waals surface area contributed by atoms with E-state index in [4.69, 9.17) is 9.40 Å². The van der Waals surface area contributed by atoms with E-state index in [0.717, 1.165) is 16.0 Å². The number of carbonyl (C=O) groups excluding carboxylic acids is 2. The van der Waals surface area contributed by atoms with E-state index in [9.17, 15) is 9.59 Å². The quantitative estimate of drug-likeness (QED) is 0.474. The Morgan fingerprint density at radius 3 is 2.70 bits per heavy atom. The van der Waals surface area contributed by atoms with Crippen LogP contribution in [0.3, 0.4) is 0 Å². The minimum atomic E-state index is -0.140. The molecule has 0 spiro atoms. The molecule has 4 aromatic heterocycles. The van der Waals surface area contributed by atoms with Crippen LogP contribution in [0.5, 0.6) is 0 Å². The summed E-state index contributed by atoms with van der Waals surface area (Å²) in [5, 5.41) is 10.4. The van der Waals surface area contributed by atoms with Crippen molar-refractivity contribution in [1.29, 1.82) is 0 Å². The number of nitrogens with zero attached hydrogens (tertiary/aromatic N) is 4. The van der Waals surface area contributed by atoms with Crippen molar-refractivity contribution in [1.82, 2.24) is 25.0 Å². The zero-order valence-electron chi connectivity index (χ0n) is 18.5. The molecule has 5 heterocycles. The maximum atomic E-state index is 13.4. The van der Waals surface area contributed by atoms with Gasteiger partial charge in [-0.05, 0) is 56.3 Å². The van der Waals surface area contributed by atoms with E-state index >= 15 is 0 Å².